The third kappa shape index (κ3) is 22.8. The lowest BCUT2D eigenvalue weighted by molar-refractivity contribution is 0.397. The van der Waals surface area contributed by atoms with Gasteiger partial charge in [0, 0.05) is 32.7 Å². The van der Waals surface area contributed by atoms with E-state index >= 15 is 0 Å². The zero-order valence-corrected chi connectivity index (χ0v) is 77.4. The lowest BCUT2D eigenvalue weighted by Crippen LogP contribution is -2.25. The molecule has 0 unspecified atom stereocenters. The number of aromatic nitrogens is 4. The van der Waals surface area contributed by atoms with Gasteiger partial charge in [-0.25, -0.2) is 9.97 Å². The highest BCUT2D eigenvalue weighted by molar-refractivity contribution is 7.00. The van der Waals surface area contributed by atoms with Gasteiger partial charge >= 0.3 is 0 Å². The van der Waals surface area contributed by atoms with E-state index in [1.54, 1.807) is 5.56 Å². The molecule has 0 aliphatic heterocycles. The van der Waals surface area contributed by atoms with Gasteiger partial charge in [-0.05, 0) is 199 Å². The molecular weight excluding hydrogens is 1530 g/mol. The van der Waals surface area contributed by atoms with Gasteiger partial charge in [0.1, 0.15) is 11.0 Å². The van der Waals surface area contributed by atoms with Crippen LogP contribution in [-0.4, -0.2) is 18.7 Å². The van der Waals surface area contributed by atoms with E-state index in [9.17, 15) is 0 Å². The minimum absolute atomic E-state index is 0.157. The SMILES string of the molecule is CCCCCCCCCCCCC1(CCCCCCCCCCCC)c2cc(-c3ccccc3)ccc2-c2ccc(-c3cc(/C=C/c4ccc5ccccc5n4)c(-c4ccc5c(c4)C(CCCCCCCCCCCC)(CCCCCCCCCCCC)c4cc(-c6ccc(-c7ccccc7)c7nsnc67)ccc4-5)cc3/C=C/c3ccc4ccccc4n3)cc21. The Hall–Kier alpha value is -9.68. The summed E-state index contributed by atoms with van der Waals surface area (Å²) in [5.41, 5.74) is 31.8. The van der Waals surface area contributed by atoms with E-state index in [1.807, 2.05) is 0 Å². The first-order valence-corrected chi connectivity index (χ1v) is 50.8. The molecule has 3 heterocycles. The van der Waals surface area contributed by atoms with Gasteiger partial charge in [-0.2, -0.15) is 8.75 Å². The summed E-state index contributed by atoms with van der Waals surface area (Å²) in [5.74, 6) is 0. The molecule has 0 saturated heterocycles. The van der Waals surface area contributed by atoms with E-state index in [2.05, 4.69) is 283 Å². The van der Waals surface area contributed by atoms with Gasteiger partial charge in [0.2, 0.25) is 0 Å². The van der Waals surface area contributed by atoms with Crippen LogP contribution in [0.2, 0.25) is 0 Å². The third-order valence-electron chi connectivity index (χ3n) is 28.4. The number of benzene rings is 10. The standard InChI is InChI=1S/C120H142N4S/c1-5-9-13-17-21-25-29-33-37-51-81-119(82-52-38-34-30-26-22-18-14-10-6-2)111-87-95(91-55-43-41-44-56-91)67-75-105(111)107-77-69-99(89-113(107)119)109-85-97(66-74-102-72-64-94-60-48-50-62-116(94)122-102)110(86-96(109)65-73-101-71-63-93-59-47-49-61-115(93)121-101)100-70-78-108-106-76-68-98(104-80-79-103(92-57-45-42-46-58-92)117-118(104)124-125-123-117)88-112(106)120(114(108)90-100,83-53-39-35-31-27-23-19-15-11-7-3)84-54-40-36-32-28-24-20-16-12-8-4/h41-50,55-80,85-90H,5-40,51-54,81-84H2,1-4H3/b73-65+,74-66+. The Morgan fingerprint density at radius 1 is 0.224 bits per heavy atom. The lowest BCUT2D eigenvalue weighted by Gasteiger charge is -2.34. The van der Waals surface area contributed by atoms with Crippen LogP contribution in [0.1, 0.15) is 355 Å². The Bertz CT molecular complexity index is 5570. The van der Waals surface area contributed by atoms with E-state index in [4.69, 9.17) is 18.7 Å². The number of pyridine rings is 2. The Morgan fingerprint density at radius 3 is 0.856 bits per heavy atom. The Labute approximate surface area is 756 Å². The summed E-state index contributed by atoms with van der Waals surface area (Å²) in [4.78, 5) is 10.7. The molecule has 2 aliphatic rings. The molecule has 4 nitrogen and oxygen atoms in total. The van der Waals surface area contributed by atoms with E-state index in [-0.39, 0.29) is 10.8 Å². The predicted molar refractivity (Wildman–Crippen MR) is 544 cm³/mol. The summed E-state index contributed by atoms with van der Waals surface area (Å²) >= 11 is 1.34. The monoisotopic (exact) mass is 1670 g/mol. The van der Waals surface area contributed by atoms with Crippen LogP contribution < -0.4 is 0 Å². The maximum Gasteiger partial charge on any atom is 0.113 e. The summed E-state index contributed by atoms with van der Waals surface area (Å²) in [6.45, 7) is 9.34. The molecule has 0 spiro atoms. The number of hydrogen-bond acceptors (Lipinski definition) is 5. The van der Waals surface area contributed by atoms with Gasteiger partial charge in [-0.3, -0.25) is 0 Å². The quantitative estimate of drug-likeness (QED) is 0.0357. The smallest absolute Gasteiger partial charge is 0.113 e. The summed E-state index contributed by atoms with van der Waals surface area (Å²) in [6, 6.07) is 88.6. The number of fused-ring (bicyclic) bond motifs is 9. The van der Waals surface area contributed by atoms with Gasteiger partial charge in [-0.15, -0.1) is 0 Å². The van der Waals surface area contributed by atoms with Crippen molar-refractivity contribution in [2.24, 2.45) is 0 Å². The molecule has 0 radical (unpaired) electrons. The Kier molecular flexibility index (Phi) is 33.7. The first-order chi connectivity index (χ1) is 61.9. The number of hydrogen-bond donors (Lipinski definition) is 0. The largest absolute Gasteiger partial charge is 0.248 e. The van der Waals surface area contributed by atoms with Crippen LogP contribution in [0.15, 0.2) is 231 Å². The molecule has 5 heteroatoms. The van der Waals surface area contributed by atoms with Crippen molar-refractivity contribution >= 4 is 68.9 Å². The maximum absolute atomic E-state index is 5.36. The second kappa shape index (κ2) is 46.7. The topological polar surface area (TPSA) is 51.6 Å². The first kappa shape index (κ1) is 90.1. The fourth-order valence-electron chi connectivity index (χ4n) is 21.3. The molecule has 0 fully saturated rings. The van der Waals surface area contributed by atoms with Crippen molar-refractivity contribution < 1.29 is 0 Å². The predicted octanol–water partition coefficient (Wildman–Crippen LogP) is 37.2. The molecule has 15 rings (SSSR count). The Morgan fingerprint density at radius 2 is 0.504 bits per heavy atom. The lowest BCUT2D eigenvalue weighted by atomic mass is 9.69. The number of para-hydroxylation sites is 2. The molecule has 0 bridgehead atoms. The van der Waals surface area contributed by atoms with Crippen molar-refractivity contribution in [2.45, 2.75) is 321 Å². The van der Waals surface area contributed by atoms with Gasteiger partial charge in [0.05, 0.1) is 34.1 Å². The summed E-state index contributed by atoms with van der Waals surface area (Å²) in [7, 11) is 0. The highest BCUT2D eigenvalue weighted by Crippen LogP contribution is 2.59. The average molecular weight is 1670 g/mol. The van der Waals surface area contributed by atoms with Gasteiger partial charge in [0.25, 0.3) is 0 Å². The highest BCUT2D eigenvalue weighted by Gasteiger charge is 2.45. The van der Waals surface area contributed by atoms with Gasteiger partial charge in [-0.1, -0.05) is 467 Å². The summed E-state index contributed by atoms with van der Waals surface area (Å²) in [6.07, 6.45) is 66.7. The zero-order chi connectivity index (χ0) is 85.5. The molecule has 10 aromatic carbocycles. The van der Waals surface area contributed by atoms with Crippen LogP contribution in [0, 0.1) is 0 Å². The molecule has 3 aromatic heterocycles. The number of nitrogens with zero attached hydrogens (tertiary/aromatic N) is 4. The van der Waals surface area contributed by atoms with Gasteiger partial charge in [0.15, 0.2) is 0 Å². The normalized spacial score (nSPS) is 13.2. The minimum atomic E-state index is -0.228. The summed E-state index contributed by atoms with van der Waals surface area (Å²) < 4.78 is 10.2. The van der Waals surface area contributed by atoms with E-state index in [0.29, 0.717) is 0 Å². The molecule has 13 aromatic rings. The van der Waals surface area contributed by atoms with Crippen LogP contribution in [0.5, 0.6) is 0 Å². The van der Waals surface area contributed by atoms with Crippen LogP contribution in [0.25, 0.3) is 135 Å². The fraction of sp³-hybridized carbons (Fsp3) is 0.417. The van der Waals surface area contributed by atoms with Crippen molar-refractivity contribution in [1.82, 2.24) is 18.7 Å². The summed E-state index contributed by atoms with van der Waals surface area (Å²) in [5, 5.41) is 2.30. The zero-order valence-electron chi connectivity index (χ0n) is 76.6. The van der Waals surface area contributed by atoms with E-state index in [0.717, 1.165) is 81.0 Å². The van der Waals surface area contributed by atoms with Crippen LogP contribution >= 0.6 is 11.7 Å². The van der Waals surface area contributed by atoms with Crippen LogP contribution in [0.3, 0.4) is 0 Å². The highest BCUT2D eigenvalue weighted by atomic mass is 32.1. The van der Waals surface area contributed by atoms with Crippen molar-refractivity contribution in [2.75, 3.05) is 0 Å². The van der Waals surface area contributed by atoms with Crippen LogP contribution in [-0.2, 0) is 10.8 Å². The van der Waals surface area contributed by atoms with Gasteiger partial charge < -0.3 is 0 Å². The van der Waals surface area contributed by atoms with Crippen molar-refractivity contribution in [1.29, 1.82) is 0 Å². The Balaban J connectivity index is 0.886. The van der Waals surface area contributed by atoms with E-state index < -0.39 is 0 Å². The molecule has 125 heavy (non-hydrogen) atoms. The third-order valence-corrected chi connectivity index (χ3v) is 28.9. The molecule has 2 aliphatic carbocycles. The maximum atomic E-state index is 5.36. The minimum Gasteiger partial charge on any atom is -0.248 e. The molecule has 0 saturated carbocycles. The van der Waals surface area contributed by atoms with Crippen molar-refractivity contribution in [3.05, 3.63) is 275 Å². The second-order valence-electron chi connectivity index (χ2n) is 37.3. The molecular formula is C120H142N4S. The molecule has 0 amide bonds. The molecule has 0 N–H and O–H groups in total. The van der Waals surface area contributed by atoms with Crippen molar-refractivity contribution in [3.8, 4) is 77.9 Å². The second-order valence-corrected chi connectivity index (χ2v) is 37.9. The number of unbranched alkanes of at least 4 members (excludes halogenated alkanes) is 36. The molecule has 648 valence electrons. The number of rotatable bonds is 53. The van der Waals surface area contributed by atoms with Crippen molar-refractivity contribution in [3.63, 3.8) is 0 Å². The average Bonchev–Trinajstić information content (AvgIpc) is 1.57. The van der Waals surface area contributed by atoms with Crippen LogP contribution in [0.4, 0.5) is 0 Å². The fourth-order valence-corrected chi connectivity index (χ4v) is 21.9. The molecule has 0 atom stereocenters. The first-order valence-electron chi connectivity index (χ1n) is 50.1. The van der Waals surface area contributed by atoms with E-state index in [1.165, 1.54) is 363 Å².